The van der Waals surface area contributed by atoms with E-state index < -0.39 is 17.8 Å². The number of pyridine rings is 2. The molecule has 5 nitrogen and oxygen atoms in total. The molecule has 1 aliphatic carbocycles. The predicted molar refractivity (Wildman–Crippen MR) is 88.3 cm³/mol. The molecule has 0 aliphatic heterocycles. The van der Waals surface area contributed by atoms with Crippen molar-refractivity contribution in [1.82, 2.24) is 14.4 Å². The minimum absolute atomic E-state index is 0.0123. The molecule has 0 aromatic carbocycles. The first-order valence-corrected chi connectivity index (χ1v) is 7.61. The number of alkyl halides is 1. The second kappa shape index (κ2) is 5.70. The SMILES string of the molecule is OC1=C(c2nc(-c3cnccc3O)c3ccccn23)CC(F)C=C1F. The molecule has 0 spiro atoms. The van der Waals surface area contributed by atoms with E-state index in [1.54, 1.807) is 28.8 Å². The third-order valence-electron chi connectivity index (χ3n) is 4.11. The summed E-state index contributed by atoms with van der Waals surface area (Å²) >= 11 is 0. The van der Waals surface area contributed by atoms with Crippen molar-refractivity contribution in [2.75, 3.05) is 0 Å². The Bertz CT molecular complexity index is 1040. The number of allylic oxidation sites excluding steroid dienone is 3. The molecule has 0 radical (unpaired) electrons. The van der Waals surface area contributed by atoms with Crippen LogP contribution >= 0.6 is 0 Å². The number of nitrogens with zero attached hydrogens (tertiary/aromatic N) is 3. The van der Waals surface area contributed by atoms with Gasteiger partial charge < -0.3 is 10.2 Å². The molecule has 2 N–H and O–H groups in total. The van der Waals surface area contributed by atoms with Crippen LogP contribution in [0.2, 0.25) is 0 Å². The normalized spacial score (nSPS) is 17.8. The third kappa shape index (κ3) is 2.44. The first kappa shape index (κ1) is 15.3. The van der Waals surface area contributed by atoms with Crippen LogP contribution in [0, 0.1) is 0 Å². The standard InChI is InChI=1S/C18H13F2N3O2/c19-10-7-11(17(25)13(20)8-10)18-22-16(12-9-21-5-4-15(12)24)14-3-1-2-6-23(14)18/h1-6,8-10,25H,7H2,(H,21,24). The summed E-state index contributed by atoms with van der Waals surface area (Å²) in [5.41, 5.74) is 1.49. The van der Waals surface area contributed by atoms with Crippen molar-refractivity contribution in [1.29, 1.82) is 0 Å². The first-order chi connectivity index (χ1) is 12.1. The Balaban J connectivity index is 2.00. The van der Waals surface area contributed by atoms with E-state index in [1.165, 1.54) is 18.5 Å². The molecule has 3 aromatic rings. The van der Waals surface area contributed by atoms with Gasteiger partial charge in [0.25, 0.3) is 0 Å². The Morgan fingerprint density at radius 1 is 1.20 bits per heavy atom. The fourth-order valence-electron chi connectivity index (χ4n) is 2.95. The zero-order valence-corrected chi connectivity index (χ0v) is 12.9. The molecule has 7 heteroatoms. The summed E-state index contributed by atoms with van der Waals surface area (Å²) in [5, 5.41) is 20.2. The van der Waals surface area contributed by atoms with Gasteiger partial charge in [-0.15, -0.1) is 0 Å². The zero-order chi connectivity index (χ0) is 17.6. The number of halogens is 2. The minimum atomic E-state index is -1.54. The van der Waals surface area contributed by atoms with Crippen LogP contribution in [0.1, 0.15) is 12.2 Å². The van der Waals surface area contributed by atoms with Gasteiger partial charge in [0, 0.05) is 30.6 Å². The Morgan fingerprint density at radius 3 is 2.84 bits per heavy atom. The summed E-state index contributed by atoms with van der Waals surface area (Å²) in [5.74, 6) is -1.42. The molecule has 4 rings (SSSR count). The fourth-order valence-corrected chi connectivity index (χ4v) is 2.95. The van der Waals surface area contributed by atoms with Gasteiger partial charge in [0.15, 0.2) is 11.6 Å². The van der Waals surface area contributed by atoms with Crippen LogP contribution in [0.4, 0.5) is 8.78 Å². The van der Waals surface area contributed by atoms with E-state index in [0.29, 0.717) is 16.8 Å². The van der Waals surface area contributed by atoms with E-state index >= 15 is 0 Å². The fraction of sp³-hybridized carbons (Fsp3) is 0.111. The monoisotopic (exact) mass is 341 g/mol. The average molecular weight is 341 g/mol. The largest absolute Gasteiger partial charge is 0.507 e. The molecule has 0 amide bonds. The second-order valence-corrected chi connectivity index (χ2v) is 5.69. The topological polar surface area (TPSA) is 70.7 Å². The summed E-state index contributed by atoms with van der Waals surface area (Å²) < 4.78 is 29.2. The van der Waals surface area contributed by atoms with Crippen molar-refractivity contribution >= 4 is 11.1 Å². The lowest BCUT2D eigenvalue weighted by atomic mass is 10.0. The first-order valence-electron chi connectivity index (χ1n) is 7.61. The maximum atomic E-state index is 13.8. The average Bonchev–Trinajstić information content (AvgIpc) is 2.98. The number of hydrogen-bond donors (Lipinski definition) is 2. The highest BCUT2D eigenvalue weighted by molar-refractivity contribution is 5.84. The van der Waals surface area contributed by atoms with Crippen molar-refractivity contribution in [3.8, 4) is 17.0 Å². The Morgan fingerprint density at radius 2 is 2.04 bits per heavy atom. The Labute approximate surface area is 141 Å². The second-order valence-electron chi connectivity index (χ2n) is 5.69. The van der Waals surface area contributed by atoms with Gasteiger partial charge in [-0.05, 0) is 24.3 Å². The number of rotatable bonds is 2. The van der Waals surface area contributed by atoms with Crippen LogP contribution in [-0.4, -0.2) is 30.8 Å². The number of aliphatic hydroxyl groups excluding tert-OH is 1. The summed E-state index contributed by atoms with van der Waals surface area (Å²) in [4.78, 5) is 8.44. The van der Waals surface area contributed by atoms with Gasteiger partial charge in [-0.1, -0.05) is 6.07 Å². The maximum Gasteiger partial charge on any atom is 0.164 e. The molecule has 1 atom stereocenters. The van der Waals surface area contributed by atoms with E-state index in [0.717, 1.165) is 6.08 Å². The van der Waals surface area contributed by atoms with Crippen molar-refractivity contribution in [3.63, 3.8) is 0 Å². The molecule has 126 valence electrons. The molecule has 3 heterocycles. The van der Waals surface area contributed by atoms with Crippen molar-refractivity contribution < 1.29 is 19.0 Å². The van der Waals surface area contributed by atoms with E-state index in [2.05, 4.69) is 9.97 Å². The van der Waals surface area contributed by atoms with Gasteiger partial charge in [-0.25, -0.2) is 13.8 Å². The summed E-state index contributed by atoms with van der Waals surface area (Å²) in [6.45, 7) is 0. The van der Waals surface area contributed by atoms with E-state index in [1.807, 2.05) is 0 Å². The molecule has 1 unspecified atom stereocenters. The molecule has 3 aromatic heterocycles. The number of hydrogen-bond acceptors (Lipinski definition) is 4. The quantitative estimate of drug-likeness (QED) is 0.740. The van der Waals surface area contributed by atoms with Crippen molar-refractivity contribution in [3.05, 3.63) is 66.3 Å². The van der Waals surface area contributed by atoms with Crippen molar-refractivity contribution in [2.24, 2.45) is 0 Å². The summed E-state index contributed by atoms with van der Waals surface area (Å²) in [7, 11) is 0. The number of aromatic nitrogens is 3. The summed E-state index contributed by atoms with van der Waals surface area (Å²) in [6.07, 6.45) is 3.59. The highest BCUT2D eigenvalue weighted by Crippen LogP contribution is 2.37. The molecule has 1 aliphatic rings. The number of imidazole rings is 1. The van der Waals surface area contributed by atoms with Gasteiger partial charge in [0.1, 0.15) is 23.4 Å². The molecular weight excluding hydrogens is 328 g/mol. The minimum Gasteiger partial charge on any atom is -0.507 e. The van der Waals surface area contributed by atoms with Gasteiger partial charge >= 0.3 is 0 Å². The molecule has 0 saturated heterocycles. The van der Waals surface area contributed by atoms with Crippen LogP contribution < -0.4 is 0 Å². The van der Waals surface area contributed by atoms with E-state index in [9.17, 15) is 19.0 Å². The van der Waals surface area contributed by atoms with E-state index in [4.69, 9.17) is 0 Å². The Kier molecular flexibility index (Phi) is 3.49. The zero-order valence-electron chi connectivity index (χ0n) is 12.9. The van der Waals surface area contributed by atoms with Gasteiger partial charge in [0.05, 0.1) is 11.1 Å². The lowest BCUT2D eigenvalue weighted by Crippen LogP contribution is -2.10. The number of fused-ring (bicyclic) bond motifs is 1. The molecule has 0 fully saturated rings. The van der Waals surface area contributed by atoms with Crippen LogP contribution in [0.3, 0.4) is 0 Å². The Hall–Kier alpha value is -3.22. The van der Waals surface area contributed by atoms with Gasteiger partial charge in [0.2, 0.25) is 0 Å². The van der Waals surface area contributed by atoms with Gasteiger partial charge in [-0.2, -0.15) is 0 Å². The van der Waals surface area contributed by atoms with E-state index in [-0.39, 0.29) is 23.6 Å². The lowest BCUT2D eigenvalue weighted by Gasteiger charge is -2.15. The molecule has 0 saturated carbocycles. The third-order valence-corrected chi connectivity index (χ3v) is 4.11. The molecule has 25 heavy (non-hydrogen) atoms. The predicted octanol–water partition coefficient (Wildman–Crippen LogP) is 3.97. The highest BCUT2D eigenvalue weighted by atomic mass is 19.1. The molecular formula is C18H13F2N3O2. The van der Waals surface area contributed by atoms with Crippen LogP contribution in [0.5, 0.6) is 5.75 Å². The number of aliphatic hydroxyl groups is 1. The highest BCUT2D eigenvalue weighted by Gasteiger charge is 2.27. The lowest BCUT2D eigenvalue weighted by molar-refractivity contribution is 0.349. The van der Waals surface area contributed by atoms with Crippen LogP contribution in [0.15, 0.2) is 60.5 Å². The smallest absolute Gasteiger partial charge is 0.164 e. The van der Waals surface area contributed by atoms with Crippen molar-refractivity contribution in [2.45, 2.75) is 12.6 Å². The number of aromatic hydroxyl groups is 1. The maximum absolute atomic E-state index is 13.8. The van der Waals surface area contributed by atoms with Crippen LogP contribution in [-0.2, 0) is 0 Å². The van der Waals surface area contributed by atoms with Gasteiger partial charge in [-0.3, -0.25) is 9.38 Å². The summed E-state index contributed by atoms with van der Waals surface area (Å²) in [6, 6.07) is 6.72. The van der Waals surface area contributed by atoms with Crippen LogP contribution in [0.25, 0.3) is 22.3 Å². The molecule has 0 bridgehead atoms.